The molecule has 0 fully saturated rings. The van der Waals surface area contributed by atoms with Crippen LogP contribution in [0.25, 0.3) is 11.1 Å². The predicted molar refractivity (Wildman–Crippen MR) is 97.9 cm³/mol. The molecular weight excluding hydrogens is 316 g/mol. The number of aliphatic hydroxyl groups excluding tert-OH is 1. The molecule has 2 amide bonds. The van der Waals surface area contributed by atoms with Gasteiger partial charge in [0.15, 0.2) is 0 Å². The average molecular weight is 342 g/mol. The molecule has 1 aromatic carbocycles. The average Bonchev–Trinajstić information content (AvgIpc) is 2.62. The van der Waals surface area contributed by atoms with Crippen molar-refractivity contribution in [2.75, 3.05) is 6.61 Å². The van der Waals surface area contributed by atoms with Crippen molar-refractivity contribution >= 4 is 6.03 Å². The summed E-state index contributed by atoms with van der Waals surface area (Å²) in [5, 5.41) is 15.3. The zero-order valence-corrected chi connectivity index (χ0v) is 15.0. The molecule has 1 aromatic heterocycles. The molecule has 0 aliphatic carbocycles. The number of nitrogens with one attached hydrogen (secondary N) is 2. The molecule has 0 saturated heterocycles. The maximum atomic E-state index is 12.2. The van der Waals surface area contributed by atoms with Crippen LogP contribution in [0, 0.1) is 0 Å². The summed E-state index contributed by atoms with van der Waals surface area (Å²) in [4.78, 5) is 20.3. The first kappa shape index (κ1) is 18.9. The van der Waals surface area contributed by atoms with Gasteiger partial charge in [-0.2, -0.15) is 0 Å². The monoisotopic (exact) mass is 342 g/mol. The van der Waals surface area contributed by atoms with Crippen LogP contribution < -0.4 is 10.6 Å². The van der Waals surface area contributed by atoms with E-state index in [1.165, 1.54) is 6.33 Å². The zero-order chi connectivity index (χ0) is 18.3. The summed E-state index contributed by atoms with van der Waals surface area (Å²) in [6.45, 7) is 5.71. The van der Waals surface area contributed by atoms with Crippen LogP contribution in [0.3, 0.4) is 0 Å². The highest BCUT2D eigenvalue weighted by Crippen LogP contribution is 2.20. The molecule has 0 bridgehead atoms. The zero-order valence-electron chi connectivity index (χ0n) is 15.0. The van der Waals surface area contributed by atoms with Crippen molar-refractivity contribution in [1.29, 1.82) is 0 Å². The van der Waals surface area contributed by atoms with Gasteiger partial charge in [-0.05, 0) is 31.4 Å². The molecule has 6 nitrogen and oxygen atoms in total. The van der Waals surface area contributed by atoms with Crippen molar-refractivity contribution < 1.29 is 9.90 Å². The Morgan fingerprint density at radius 1 is 1.20 bits per heavy atom. The quantitative estimate of drug-likeness (QED) is 0.722. The third kappa shape index (κ3) is 5.26. The number of rotatable bonds is 7. The second kappa shape index (κ2) is 8.58. The lowest BCUT2D eigenvalue weighted by molar-refractivity contribution is 0.162. The van der Waals surface area contributed by atoms with Gasteiger partial charge in [0.25, 0.3) is 0 Å². The second-order valence-corrected chi connectivity index (χ2v) is 6.54. The Balaban J connectivity index is 1.98. The van der Waals surface area contributed by atoms with Gasteiger partial charge in [-0.25, -0.2) is 14.8 Å². The second-order valence-electron chi connectivity index (χ2n) is 6.54. The summed E-state index contributed by atoms with van der Waals surface area (Å²) in [5.74, 6) is 0. The number of hydrogen-bond donors (Lipinski definition) is 3. The van der Waals surface area contributed by atoms with Gasteiger partial charge < -0.3 is 15.7 Å². The number of nitrogens with zero attached hydrogens (tertiary/aromatic N) is 2. The van der Waals surface area contributed by atoms with Gasteiger partial charge >= 0.3 is 6.03 Å². The Labute approximate surface area is 148 Å². The van der Waals surface area contributed by atoms with Crippen molar-refractivity contribution in [2.45, 2.75) is 45.2 Å². The van der Waals surface area contributed by atoms with Crippen molar-refractivity contribution in [3.63, 3.8) is 0 Å². The van der Waals surface area contributed by atoms with Crippen molar-refractivity contribution in [3.05, 3.63) is 48.5 Å². The van der Waals surface area contributed by atoms with E-state index >= 15 is 0 Å². The molecule has 0 aliphatic rings. The molecule has 0 unspecified atom stereocenters. The topological polar surface area (TPSA) is 87.1 Å². The van der Waals surface area contributed by atoms with Gasteiger partial charge in [0.2, 0.25) is 0 Å². The van der Waals surface area contributed by atoms with Gasteiger partial charge in [-0.1, -0.05) is 37.6 Å². The van der Waals surface area contributed by atoms with Crippen LogP contribution in [-0.4, -0.2) is 33.3 Å². The normalized spacial score (nSPS) is 14.4. The van der Waals surface area contributed by atoms with E-state index in [-0.39, 0.29) is 18.7 Å². The number of aromatic nitrogens is 2. The first-order chi connectivity index (χ1) is 12.0. The van der Waals surface area contributed by atoms with Gasteiger partial charge in [-0.15, -0.1) is 0 Å². The summed E-state index contributed by atoms with van der Waals surface area (Å²) in [6.07, 6.45) is 6.64. The summed E-state index contributed by atoms with van der Waals surface area (Å²) < 4.78 is 0. The van der Waals surface area contributed by atoms with E-state index in [1.54, 1.807) is 12.4 Å². The van der Waals surface area contributed by atoms with Crippen LogP contribution in [0.2, 0.25) is 0 Å². The summed E-state index contributed by atoms with van der Waals surface area (Å²) in [6, 6.07) is 7.50. The van der Waals surface area contributed by atoms with E-state index in [9.17, 15) is 9.90 Å². The maximum absolute atomic E-state index is 12.2. The number of carbonyl (C=O) groups excluding carboxylic acids is 1. The Morgan fingerprint density at radius 3 is 2.40 bits per heavy atom. The third-order valence-electron chi connectivity index (χ3n) is 4.22. The lowest BCUT2D eigenvalue weighted by atomic mass is 9.97. The van der Waals surface area contributed by atoms with E-state index in [0.29, 0.717) is 0 Å². The van der Waals surface area contributed by atoms with Gasteiger partial charge in [0, 0.05) is 18.0 Å². The number of amides is 2. The minimum atomic E-state index is -0.601. The van der Waals surface area contributed by atoms with E-state index in [4.69, 9.17) is 0 Å². The van der Waals surface area contributed by atoms with Gasteiger partial charge in [-0.3, -0.25) is 0 Å². The fourth-order valence-corrected chi connectivity index (χ4v) is 2.74. The highest BCUT2D eigenvalue weighted by Gasteiger charge is 2.25. The molecule has 6 heteroatoms. The van der Waals surface area contributed by atoms with E-state index in [2.05, 4.69) is 20.6 Å². The van der Waals surface area contributed by atoms with Crippen LogP contribution in [-0.2, 0) is 0 Å². The lowest BCUT2D eigenvalue weighted by Gasteiger charge is -2.29. The molecule has 0 saturated carbocycles. The van der Waals surface area contributed by atoms with Crippen molar-refractivity contribution in [1.82, 2.24) is 20.6 Å². The van der Waals surface area contributed by atoms with Crippen LogP contribution in [0.4, 0.5) is 4.79 Å². The van der Waals surface area contributed by atoms with E-state index < -0.39 is 5.54 Å². The van der Waals surface area contributed by atoms with Crippen molar-refractivity contribution in [2.24, 2.45) is 0 Å². The lowest BCUT2D eigenvalue weighted by Crippen LogP contribution is -2.52. The molecule has 0 radical (unpaired) electrons. The highest BCUT2D eigenvalue weighted by molar-refractivity contribution is 5.75. The molecule has 2 rings (SSSR count). The molecule has 1 heterocycles. The fourth-order valence-electron chi connectivity index (χ4n) is 2.74. The Kier molecular flexibility index (Phi) is 6.47. The molecule has 2 aromatic rings. The molecule has 2 atom stereocenters. The SMILES string of the molecule is CCC[C@@](C)(CO)NC(=O)N[C@@H](C)c1ccc(-c2cncnc2)cc1. The summed E-state index contributed by atoms with van der Waals surface area (Å²) >= 11 is 0. The molecule has 0 aliphatic heterocycles. The highest BCUT2D eigenvalue weighted by atomic mass is 16.3. The molecular formula is C19H26N4O2. The van der Waals surface area contributed by atoms with E-state index in [0.717, 1.165) is 29.5 Å². The largest absolute Gasteiger partial charge is 0.394 e. The number of aliphatic hydroxyl groups is 1. The van der Waals surface area contributed by atoms with Gasteiger partial charge in [0.1, 0.15) is 6.33 Å². The first-order valence-corrected chi connectivity index (χ1v) is 8.52. The molecule has 0 spiro atoms. The van der Waals surface area contributed by atoms with Gasteiger partial charge in [0.05, 0.1) is 18.2 Å². The Hall–Kier alpha value is -2.47. The number of hydrogen-bond acceptors (Lipinski definition) is 4. The molecule has 25 heavy (non-hydrogen) atoms. The standard InChI is InChI=1S/C19H26N4O2/c1-4-9-19(3,12-24)23-18(25)22-14(2)15-5-7-16(8-6-15)17-10-20-13-21-11-17/h5-8,10-11,13-14,24H,4,9,12H2,1-3H3,(H2,22,23,25)/t14-,19-/m0/s1. The minimum absolute atomic E-state index is 0.0868. The smallest absolute Gasteiger partial charge is 0.315 e. The molecule has 3 N–H and O–H groups in total. The number of carbonyl (C=O) groups is 1. The van der Waals surface area contributed by atoms with Crippen LogP contribution in [0.5, 0.6) is 0 Å². The van der Waals surface area contributed by atoms with Crippen LogP contribution in [0.15, 0.2) is 43.0 Å². The Bertz CT molecular complexity index is 676. The van der Waals surface area contributed by atoms with E-state index in [1.807, 2.05) is 45.0 Å². The number of urea groups is 1. The van der Waals surface area contributed by atoms with Crippen molar-refractivity contribution in [3.8, 4) is 11.1 Å². The fraction of sp³-hybridized carbons (Fsp3) is 0.421. The summed E-state index contributed by atoms with van der Waals surface area (Å²) in [5.41, 5.74) is 2.37. The minimum Gasteiger partial charge on any atom is -0.394 e. The maximum Gasteiger partial charge on any atom is 0.315 e. The Morgan fingerprint density at radius 2 is 1.84 bits per heavy atom. The van der Waals surface area contributed by atoms with Crippen LogP contribution >= 0.6 is 0 Å². The first-order valence-electron chi connectivity index (χ1n) is 8.52. The number of benzene rings is 1. The molecule has 134 valence electrons. The summed E-state index contributed by atoms with van der Waals surface area (Å²) in [7, 11) is 0. The third-order valence-corrected chi connectivity index (χ3v) is 4.22. The van der Waals surface area contributed by atoms with Crippen LogP contribution in [0.1, 0.15) is 45.2 Å². The predicted octanol–water partition coefficient (Wildman–Crippen LogP) is 3.05.